The monoisotopic (exact) mass is 434 g/mol. The van der Waals surface area contributed by atoms with E-state index in [0.717, 1.165) is 25.9 Å². The molecule has 0 saturated carbocycles. The highest BCUT2D eigenvalue weighted by molar-refractivity contribution is 5.77. The van der Waals surface area contributed by atoms with E-state index in [4.69, 9.17) is 4.42 Å². The maximum Gasteiger partial charge on any atom is 0.267 e. The average Bonchev–Trinajstić information content (AvgIpc) is 3.35. The molecule has 7 nitrogen and oxygen atoms in total. The van der Waals surface area contributed by atoms with Crippen LogP contribution in [0, 0.1) is 11.8 Å². The van der Waals surface area contributed by atoms with Gasteiger partial charge in [-0.2, -0.15) is 5.10 Å². The van der Waals surface area contributed by atoms with Gasteiger partial charge in [-0.3, -0.25) is 14.5 Å². The van der Waals surface area contributed by atoms with Crippen LogP contribution < -0.4 is 5.56 Å². The molecule has 0 aromatic carbocycles. The fourth-order valence-corrected chi connectivity index (χ4v) is 6.59. The van der Waals surface area contributed by atoms with E-state index < -0.39 is 0 Å². The van der Waals surface area contributed by atoms with Gasteiger partial charge in [-0.25, -0.2) is 4.68 Å². The highest BCUT2D eigenvalue weighted by atomic mass is 16.3. The van der Waals surface area contributed by atoms with Crippen molar-refractivity contribution in [1.29, 1.82) is 0 Å². The summed E-state index contributed by atoms with van der Waals surface area (Å²) in [4.78, 5) is 30.7. The van der Waals surface area contributed by atoms with Crippen LogP contribution in [0.1, 0.15) is 38.5 Å². The van der Waals surface area contributed by atoms with Gasteiger partial charge in [0.25, 0.3) is 5.56 Å². The smallest absolute Gasteiger partial charge is 0.267 e. The van der Waals surface area contributed by atoms with Crippen molar-refractivity contribution in [3.05, 3.63) is 52.5 Å². The zero-order chi connectivity index (χ0) is 21.7. The van der Waals surface area contributed by atoms with E-state index in [0.29, 0.717) is 29.3 Å². The van der Waals surface area contributed by atoms with E-state index in [1.165, 1.54) is 48.5 Å². The van der Waals surface area contributed by atoms with Crippen molar-refractivity contribution in [3.8, 4) is 11.5 Å². The predicted octanol–water partition coefficient (Wildman–Crippen LogP) is 2.92. The van der Waals surface area contributed by atoms with Gasteiger partial charge in [0, 0.05) is 25.2 Å². The summed E-state index contributed by atoms with van der Waals surface area (Å²) in [6.45, 7) is 3.03. The number of rotatable bonds is 3. The van der Waals surface area contributed by atoms with Crippen LogP contribution in [0.3, 0.4) is 0 Å². The zero-order valence-electron chi connectivity index (χ0n) is 18.4. The third kappa shape index (κ3) is 3.43. The van der Waals surface area contributed by atoms with E-state index in [1.807, 2.05) is 4.90 Å². The molecule has 0 N–H and O–H groups in total. The van der Waals surface area contributed by atoms with Crippen molar-refractivity contribution >= 4 is 5.91 Å². The molecule has 1 amide bonds. The molecule has 3 fully saturated rings. The molecule has 0 spiro atoms. The highest BCUT2D eigenvalue weighted by Crippen LogP contribution is 2.45. The second kappa shape index (κ2) is 8.03. The van der Waals surface area contributed by atoms with E-state index in [-0.39, 0.29) is 24.1 Å². The Kier molecular flexibility index (Phi) is 5.01. The molecule has 0 radical (unpaired) electrons. The van der Waals surface area contributed by atoms with E-state index >= 15 is 0 Å². The number of fused-ring (bicyclic) bond motifs is 6. The number of nitrogens with zero attached hydrogens (tertiary/aromatic N) is 4. The lowest BCUT2D eigenvalue weighted by Gasteiger charge is -2.54. The number of piperidine rings is 3. The largest absolute Gasteiger partial charge is 0.463 e. The number of furan rings is 1. The maximum atomic E-state index is 13.5. The standard InChI is InChI=1S/C25H30N4O3/c30-23-9-8-20(22-7-4-12-32-22)26-29(23)16-24(31)28-11-3-5-17-13-18-14-19(25(17)28)15-27-10-2-1-6-21(18)27/h4,7-9,12-13,18-19,21,25H,1-3,5-6,10-11,14-16H2/t18-,19-,21-,25-/m0/s1. The van der Waals surface area contributed by atoms with Gasteiger partial charge in [0.1, 0.15) is 12.2 Å². The lowest BCUT2D eigenvalue weighted by Crippen LogP contribution is -2.60. The number of hydrogen-bond acceptors (Lipinski definition) is 5. The zero-order valence-corrected chi connectivity index (χ0v) is 18.4. The van der Waals surface area contributed by atoms with Crippen LogP contribution in [-0.2, 0) is 11.3 Å². The number of likely N-dealkylation sites (tertiary alicyclic amines) is 1. The predicted molar refractivity (Wildman–Crippen MR) is 120 cm³/mol. The Balaban J connectivity index is 1.26. The summed E-state index contributed by atoms with van der Waals surface area (Å²) in [6, 6.07) is 7.57. The Bertz CT molecular complexity index is 1090. The molecule has 3 saturated heterocycles. The number of carbonyl (C=O) groups excluding carboxylic acids is 1. The Morgan fingerprint density at radius 1 is 1.16 bits per heavy atom. The first kappa shape index (κ1) is 20.0. The summed E-state index contributed by atoms with van der Waals surface area (Å²) in [5.74, 6) is 1.72. The average molecular weight is 435 g/mol. The van der Waals surface area contributed by atoms with Crippen LogP contribution in [0.15, 0.2) is 51.4 Å². The molecule has 32 heavy (non-hydrogen) atoms. The Morgan fingerprint density at radius 2 is 2.09 bits per heavy atom. The molecule has 4 aliphatic rings. The summed E-state index contributed by atoms with van der Waals surface area (Å²) < 4.78 is 6.69. The van der Waals surface area contributed by atoms with Crippen molar-refractivity contribution in [2.45, 2.75) is 57.2 Å². The molecule has 2 bridgehead atoms. The van der Waals surface area contributed by atoms with Crippen LogP contribution in [0.4, 0.5) is 0 Å². The lowest BCUT2D eigenvalue weighted by atomic mass is 9.68. The first-order chi connectivity index (χ1) is 15.7. The van der Waals surface area contributed by atoms with Crippen LogP contribution in [0.5, 0.6) is 0 Å². The van der Waals surface area contributed by atoms with Crippen molar-refractivity contribution < 1.29 is 9.21 Å². The summed E-state index contributed by atoms with van der Waals surface area (Å²) in [5.41, 5.74) is 1.75. The van der Waals surface area contributed by atoms with Gasteiger partial charge >= 0.3 is 0 Å². The van der Waals surface area contributed by atoms with Gasteiger partial charge in [0.05, 0.1) is 12.3 Å². The fraction of sp³-hybridized carbons (Fsp3) is 0.560. The molecule has 2 aromatic heterocycles. The van der Waals surface area contributed by atoms with Crippen LogP contribution in [0.2, 0.25) is 0 Å². The molecule has 5 heterocycles. The minimum Gasteiger partial charge on any atom is -0.463 e. The lowest BCUT2D eigenvalue weighted by molar-refractivity contribution is -0.137. The fourth-order valence-electron chi connectivity index (χ4n) is 6.59. The molecule has 7 heteroatoms. The third-order valence-corrected chi connectivity index (χ3v) is 7.90. The molecule has 1 aliphatic carbocycles. The SMILES string of the molecule is O=C(Cn1nc(-c2ccco2)ccc1=O)N1CCCC2=C[C@H]3C[C@@H](CN4CCCC[C@@H]34)[C@H]21. The minimum atomic E-state index is -0.265. The molecule has 0 unspecified atom stereocenters. The van der Waals surface area contributed by atoms with Gasteiger partial charge in [0.2, 0.25) is 5.91 Å². The molecular weight excluding hydrogens is 404 g/mol. The van der Waals surface area contributed by atoms with Gasteiger partial charge in [-0.1, -0.05) is 18.1 Å². The van der Waals surface area contributed by atoms with E-state index in [9.17, 15) is 9.59 Å². The van der Waals surface area contributed by atoms with Crippen molar-refractivity contribution in [1.82, 2.24) is 19.6 Å². The van der Waals surface area contributed by atoms with Crippen molar-refractivity contribution in [2.24, 2.45) is 11.8 Å². The maximum absolute atomic E-state index is 13.5. The Labute approximate surface area is 187 Å². The van der Waals surface area contributed by atoms with Crippen molar-refractivity contribution in [2.75, 3.05) is 19.6 Å². The van der Waals surface area contributed by atoms with Crippen LogP contribution in [-0.4, -0.2) is 57.2 Å². The highest BCUT2D eigenvalue weighted by Gasteiger charge is 2.46. The summed E-state index contributed by atoms with van der Waals surface area (Å²) >= 11 is 0. The van der Waals surface area contributed by atoms with Gasteiger partial charge in [-0.15, -0.1) is 0 Å². The normalized spacial score (nSPS) is 29.8. The van der Waals surface area contributed by atoms with Crippen LogP contribution >= 0.6 is 0 Å². The van der Waals surface area contributed by atoms with Crippen molar-refractivity contribution in [3.63, 3.8) is 0 Å². The topological polar surface area (TPSA) is 71.6 Å². The van der Waals surface area contributed by atoms with Crippen LogP contribution in [0.25, 0.3) is 11.5 Å². The summed E-state index contributed by atoms with van der Waals surface area (Å²) in [7, 11) is 0. The second-order valence-corrected chi connectivity index (χ2v) is 9.79. The summed E-state index contributed by atoms with van der Waals surface area (Å²) in [5, 5.41) is 4.41. The summed E-state index contributed by atoms with van der Waals surface area (Å²) in [6.07, 6.45) is 11.3. The van der Waals surface area contributed by atoms with Gasteiger partial charge < -0.3 is 9.32 Å². The Morgan fingerprint density at radius 3 is 2.97 bits per heavy atom. The number of aromatic nitrogens is 2. The molecule has 168 valence electrons. The molecule has 2 aromatic rings. The minimum absolute atomic E-state index is 0.00832. The Hall–Kier alpha value is -2.67. The van der Waals surface area contributed by atoms with Gasteiger partial charge in [-0.05, 0) is 68.7 Å². The number of hydrogen-bond donors (Lipinski definition) is 0. The first-order valence-electron chi connectivity index (χ1n) is 12.0. The first-order valence-corrected chi connectivity index (χ1v) is 12.0. The molecule has 3 aliphatic heterocycles. The molecular formula is C25H30N4O3. The second-order valence-electron chi connectivity index (χ2n) is 9.79. The number of amides is 1. The number of carbonyl (C=O) groups is 1. The third-order valence-electron chi connectivity index (χ3n) is 7.90. The van der Waals surface area contributed by atoms with E-state index in [2.05, 4.69) is 16.1 Å². The van der Waals surface area contributed by atoms with Gasteiger partial charge in [0.15, 0.2) is 5.76 Å². The molecule has 4 atom stereocenters. The molecule has 6 rings (SSSR count). The van der Waals surface area contributed by atoms with E-state index in [1.54, 1.807) is 24.5 Å². The quantitative estimate of drug-likeness (QED) is 0.695.